The number of benzene rings is 1. The third-order valence-corrected chi connectivity index (χ3v) is 9.39. The lowest BCUT2D eigenvalue weighted by Gasteiger charge is -2.48. The Morgan fingerprint density at radius 2 is 1.61 bits per heavy atom. The number of rotatable bonds is 8. The number of piperazine rings is 1. The molecule has 188 valence electrons. The monoisotopic (exact) mass is 526 g/mol. The second kappa shape index (κ2) is 12.2. The molecule has 0 bridgehead atoms. The van der Waals surface area contributed by atoms with Crippen LogP contribution in [-0.2, 0) is 10.0 Å². The number of nitrogens with zero attached hydrogens (tertiary/aromatic N) is 2. The maximum absolute atomic E-state index is 14.2. The van der Waals surface area contributed by atoms with Crippen molar-refractivity contribution in [3.63, 3.8) is 0 Å². The first kappa shape index (κ1) is 28.4. The predicted octanol–water partition coefficient (Wildman–Crippen LogP) is 5.45. The third-order valence-electron chi connectivity index (χ3n) is 6.94. The molecule has 2 aliphatic rings. The summed E-state index contributed by atoms with van der Waals surface area (Å²) in [5.41, 5.74) is -0.603. The Morgan fingerprint density at radius 3 is 2.18 bits per heavy atom. The third kappa shape index (κ3) is 6.66. The van der Waals surface area contributed by atoms with Crippen molar-refractivity contribution in [2.24, 2.45) is 0 Å². The molecule has 0 spiro atoms. The van der Waals surface area contributed by atoms with Crippen LogP contribution in [0.25, 0.3) is 0 Å². The van der Waals surface area contributed by atoms with Crippen LogP contribution in [-0.4, -0.2) is 60.9 Å². The Kier molecular flexibility index (Phi) is 10.6. The van der Waals surface area contributed by atoms with E-state index in [0.29, 0.717) is 39.0 Å². The molecule has 1 heterocycles. The van der Waals surface area contributed by atoms with Crippen molar-refractivity contribution in [3.8, 4) is 0 Å². The van der Waals surface area contributed by atoms with E-state index in [9.17, 15) is 22.0 Å². The zero-order valence-corrected chi connectivity index (χ0v) is 21.5. The lowest BCUT2D eigenvalue weighted by Crippen LogP contribution is -2.58. The van der Waals surface area contributed by atoms with Gasteiger partial charge in [-0.1, -0.05) is 44.2 Å². The molecule has 0 aromatic heterocycles. The van der Waals surface area contributed by atoms with Gasteiger partial charge in [-0.05, 0) is 37.8 Å². The molecule has 33 heavy (non-hydrogen) atoms. The van der Waals surface area contributed by atoms with Gasteiger partial charge in [0.1, 0.15) is 11.6 Å². The molecule has 0 N–H and O–H groups in total. The summed E-state index contributed by atoms with van der Waals surface area (Å²) < 4.78 is 54.5. The summed E-state index contributed by atoms with van der Waals surface area (Å²) in [7, 11) is -3.23. The minimum Gasteiger partial charge on any atom is -0.295 e. The second-order valence-corrected chi connectivity index (χ2v) is 11.4. The van der Waals surface area contributed by atoms with E-state index >= 15 is 0 Å². The van der Waals surface area contributed by atoms with E-state index in [2.05, 4.69) is 4.90 Å². The van der Waals surface area contributed by atoms with Crippen LogP contribution in [0.5, 0.6) is 0 Å². The first-order valence-electron chi connectivity index (χ1n) is 11.6. The Balaban J connectivity index is 0.00000385. The molecule has 1 saturated carbocycles. The molecule has 10 heteroatoms. The van der Waals surface area contributed by atoms with Gasteiger partial charge in [-0.3, -0.25) is 9.69 Å². The van der Waals surface area contributed by atoms with Crippen LogP contribution < -0.4 is 0 Å². The highest BCUT2D eigenvalue weighted by molar-refractivity contribution is 7.89. The molecule has 3 rings (SSSR count). The summed E-state index contributed by atoms with van der Waals surface area (Å²) in [5, 5.41) is -0.459. The lowest BCUT2D eigenvalue weighted by molar-refractivity contribution is 0.0320. The Bertz CT molecular complexity index is 915. The largest absolute Gasteiger partial charge is 0.295 e. The molecule has 0 radical (unpaired) electrons. The van der Waals surface area contributed by atoms with E-state index in [-0.39, 0.29) is 35.7 Å². The molecule has 0 unspecified atom stereocenters. The van der Waals surface area contributed by atoms with Crippen molar-refractivity contribution >= 4 is 39.8 Å². The highest BCUT2D eigenvalue weighted by atomic mass is 35.5. The van der Waals surface area contributed by atoms with E-state index in [1.807, 2.05) is 6.92 Å². The summed E-state index contributed by atoms with van der Waals surface area (Å²) in [4.78, 5) is 15.2. The Morgan fingerprint density at radius 1 is 1.03 bits per heavy atom. The molecule has 1 saturated heterocycles. The molecule has 2 fully saturated rings. The van der Waals surface area contributed by atoms with Crippen LogP contribution in [0.4, 0.5) is 8.78 Å². The molecular weight excluding hydrogens is 493 g/mol. The van der Waals surface area contributed by atoms with Crippen LogP contribution >= 0.6 is 24.0 Å². The maximum Gasteiger partial charge on any atom is 0.214 e. The van der Waals surface area contributed by atoms with Gasteiger partial charge in [0.05, 0.1) is 16.3 Å². The predicted molar refractivity (Wildman–Crippen MR) is 130 cm³/mol. The van der Waals surface area contributed by atoms with Crippen molar-refractivity contribution in [1.29, 1.82) is 0 Å². The fourth-order valence-corrected chi connectivity index (χ4v) is 6.94. The Hall–Kier alpha value is -0.800. The molecule has 1 aliphatic carbocycles. The topological polar surface area (TPSA) is 57.7 Å². The van der Waals surface area contributed by atoms with Crippen molar-refractivity contribution in [3.05, 3.63) is 34.4 Å². The smallest absolute Gasteiger partial charge is 0.214 e. The molecule has 1 aliphatic heterocycles. The standard InChI is InChI=1S/C23H33ClF2N2O3S.ClH/c1-2-17-32(30,31)28-15-13-27(14-16-28)23(10-5-3-4-6-11-23)12-9-20(29)21-18(25)7-8-19(26)22(21)24;/h7-8H,2-6,9-17H2,1H3;1H. The molecule has 5 nitrogen and oxygen atoms in total. The van der Waals surface area contributed by atoms with E-state index < -0.39 is 32.5 Å². The van der Waals surface area contributed by atoms with Gasteiger partial charge >= 0.3 is 0 Å². The van der Waals surface area contributed by atoms with Crippen LogP contribution in [0.1, 0.15) is 75.1 Å². The highest BCUT2D eigenvalue weighted by Gasteiger charge is 2.40. The average molecular weight is 528 g/mol. The fraction of sp³-hybridized carbons (Fsp3) is 0.696. The quantitative estimate of drug-likeness (QED) is 0.256. The SMILES string of the molecule is CCCS(=O)(=O)N1CCN(C2(CCC(=O)c3c(F)ccc(F)c3Cl)CCCCCC2)CC1.Cl. The van der Waals surface area contributed by atoms with Crippen molar-refractivity contribution in [2.45, 2.75) is 70.3 Å². The molecule has 0 amide bonds. The number of sulfonamides is 1. The summed E-state index contributed by atoms with van der Waals surface area (Å²) in [6.07, 6.45) is 7.37. The zero-order chi connectivity index (χ0) is 23.4. The number of carbonyl (C=O) groups excluding carboxylic acids is 1. The minimum absolute atomic E-state index is 0. The summed E-state index contributed by atoms with van der Waals surface area (Å²) in [6, 6.07) is 1.86. The average Bonchev–Trinajstić information content (AvgIpc) is 3.02. The molecule has 1 aromatic carbocycles. The number of halogens is 4. The van der Waals surface area contributed by atoms with Gasteiger partial charge in [-0.2, -0.15) is 4.31 Å². The van der Waals surface area contributed by atoms with Crippen LogP contribution in [0, 0.1) is 11.6 Å². The summed E-state index contributed by atoms with van der Waals surface area (Å²) in [6.45, 7) is 3.99. The van der Waals surface area contributed by atoms with E-state index in [4.69, 9.17) is 11.6 Å². The number of ketones is 1. The second-order valence-electron chi connectivity index (χ2n) is 8.98. The molecule has 1 aromatic rings. The molecule has 0 atom stereocenters. The van der Waals surface area contributed by atoms with Crippen molar-refractivity contribution in [1.82, 2.24) is 9.21 Å². The van der Waals surface area contributed by atoms with E-state index in [0.717, 1.165) is 50.7 Å². The van der Waals surface area contributed by atoms with Crippen LogP contribution in [0.2, 0.25) is 5.02 Å². The van der Waals surface area contributed by atoms with Gasteiger partial charge in [0.25, 0.3) is 0 Å². The van der Waals surface area contributed by atoms with Gasteiger partial charge in [-0.25, -0.2) is 17.2 Å². The van der Waals surface area contributed by atoms with Crippen molar-refractivity contribution < 1.29 is 22.0 Å². The maximum atomic E-state index is 14.2. The highest BCUT2D eigenvalue weighted by Crippen LogP contribution is 2.38. The van der Waals surface area contributed by atoms with Gasteiger partial charge in [0.15, 0.2) is 5.78 Å². The summed E-state index contributed by atoms with van der Waals surface area (Å²) >= 11 is 5.90. The van der Waals surface area contributed by atoms with E-state index in [1.165, 1.54) is 0 Å². The van der Waals surface area contributed by atoms with Crippen molar-refractivity contribution in [2.75, 3.05) is 31.9 Å². The molecular formula is C23H34Cl2F2N2O3S. The number of hydrogen-bond donors (Lipinski definition) is 0. The normalized spacial score (nSPS) is 20.1. The fourth-order valence-electron chi connectivity index (χ4n) is 5.19. The number of carbonyl (C=O) groups is 1. The number of hydrogen-bond acceptors (Lipinski definition) is 4. The van der Waals surface area contributed by atoms with Gasteiger partial charge in [0.2, 0.25) is 10.0 Å². The number of Topliss-reactive ketones (excluding diaryl/α,β-unsaturated/α-hetero) is 1. The Labute approximate surface area is 207 Å². The van der Waals surface area contributed by atoms with Crippen LogP contribution in [0.15, 0.2) is 12.1 Å². The minimum atomic E-state index is -3.23. The van der Waals surface area contributed by atoms with Crippen LogP contribution in [0.3, 0.4) is 0 Å². The lowest BCUT2D eigenvalue weighted by atomic mass is 9.82. The zero-order valence-electron chi connectivity index (χ0n) is 19.1. The summed E-state index contributed by atoms with van der Waals surface area (Å²) in [5.74, 6) is -1.93. The van der Waals surface area contributed by atoms with E-state index in [1.54, 1.807) is 4.31 Å². The van der Waals surface area contributed by atoms with Gasteiger partial charge in [0, 0.05) is 38.1 Å². The van der Waals surface area contributed by atoms with Gasteiger partial charge in [-0.15, -0.1) is 12.4 Å². The first-order chi connectivity index (χ1) is 15.2. The first-order valence-corrected chi connectivity index (χ1v) is 13.6. The van der Waals surface area contributed by atoms with Gasteiger partial charge < -0.3 is 0 Å².